The number of rotatable bonds is 4. The van der Waals surface area contributed by atoms with Crippen LogP contribution in [0.15, 0.2) is 12.1 Å². The quantitative estimate of drug-likeness (QED) is 0.881. The summed E-state index contributed by atoms with van der Waals surface area (Å²) in [5.74, 6) is 1.06. The Labute approximate surface area is 125 Å². The van der Waals surface area contributed by atoms with Gasteiger partial charge in [-0.25, -0.2) is 4.98 Å². The van der Waals surface area contributed by atoms with Crippen LogP contribution in [0.5, 0.6) is 0 Å². The summed E-state index contributed by atoms with van der Waals surface area (Å²) in [5.41, 5.74) is 1.48. The van der Waals surface area contributed by atoms with E-state index >= 15 is 0 Å². The number of carbonyl (C=O) groups excluding carboxylic acids is 1. The summed E-state index contributed by atoms with van der Waals surface area (Å²) in [5, 5.41) is 3.46. The molecule has 0 radical (unpaired) electrons. The van der Waals surface area contributed by atoms with E-state index in [1.807, 2.05) is 0 Å². The molecule has 0 atom stereocenters. The Balaban J connectivity index is 2.58. The van der Waals surface area contributed by atoms with Gasteiger partial charge in [-0.2, -0.15) is 0 Å². The second kappa shape index (κ2) is 5.99. The van der Waals surface area contributed by atoms with Crippen LogP contribution in [-0.2, 0) is 17.8 Å². The molecule has 0 unspecified atom stereocenters. The number of nitrogens with one attached hydrogen (secondary N) is 1. The maximum absolute atomic E-state index is 11.6. The number of benzene rings is 1. The van der Waals surface area contributed by atoms with Gasteiger partial charge in [0.05, 0.1) is 21.1 Å². The highest BCUT2D eigenvalue weighted by atomic mass is 35.5. The van der Waals surface area contributed by atoms with Crippen molar-refractivity contribution in [2.75, 3.05) is 12.9 Å². The highest BCUT2D eigenvalue weighted by Gasteiger charge is 2.14. The molecular formula is C12H12Cl3N3O. The van der Waals surface area contributed by atoms with Crippen molar-refractivity contribution in [1.29, 1.82) is 0 Å². The third-order valence-corrected chi connectivity index (χ3v) is 3.68. The molecule has 1 N–H and O–H groups in total. The molecule has 0 spiro atoms. The summed E-state index contributed by atoms with van der Waals surface area (Å²) in [6.07, 6.45) is 0.572. The van der Waals surface area contributed by atoms with Crippen LogP contribution in [0.1, 0.15) is 5.82 Å². The van der Waals surface area contributed by atoms with Crippen LogP contribution in [0.25, 0.3) is 11.0 Å². The molecule has 0 saturated heterocycles. The van der Waals surface area contributed by atoms with Gasteiger partial charge in [-0.15, -0.1) is 11.6 Å². The van der Waals surface area contributed by atoms with Crippen LogP contribution in [0, 0.1) is 0 Å². The largest absolute Gasteiger partial charge is 0.358 e. The Bertz CT molecular complexity index is 624. The van der Waals surface area contributed by atoms with Crippen LogP contribution in [0.4, 0.5) is 0 Å². The minimum Gasteiger partial charge on any atom is -0.358 e. The molecule has 0 bridgehead atoms. The second-order valence-electron chi connectivity index (χ2n) is 3.98. The normalized spacial score (nSPS) is 10.9. The highest BCUT2D eigenvalue weighted by molar-refractivity contribution is 6.42. The number of alkyl halides is 1. The Hall–Kier alpha value is -0.970. The molecular weight excluding hydrogens is 309 g/mol. The van der Waals surface area contributed by atoms with Gasteiger partial charge >= 0.3 is 0 Å². The predicted octanol–water partition coefficient (Wildman–Crippen LogP) is 2.87. The summed E-state index contributed by atoms with van der Waals surface area (Å²) in [7, 11) is 1.59. The molecule has 2 rings (SSSR count). The first-order valence-electron chi connectivity index (χ1n) is 5.67. The zero-order chi connectivity index (χ0) is 14.0. The van der Waals surface area contributed by atoms with Crippen molar-refractivity contribution in [2.45, 2.75) is 13.0 Å². The summed E-state index contributed by atoms with van der Waals surface area (Å²) in [6, 6.07) is 3.41. The lowest BCUT2D eigenvalue weighted by atomic mass is 10.3. The summed E-state index contributed by atoms with van der Waals surface area (Å²) >= 11 is 17.8. The van der Waals surface area contributed by atoms with Crippen molar-refractivity contribution < 1.29 is 4.79 Å². The molecule has 1 heterocycles. The number of aromatic nitrogens is 2. The molecule has 2 aromatic rings. The summed E-state index contributed by atoms with van der Waals surface area (Å²) < 4.78 is 1.80. The molecule has 0 aliphatic heterocycles. The fourth-order valence-corrected chi connectivity index (χ4v) is 2.33. The minimum absolute atomic E-state index is 0.110. The fraction of sp³-hybridized carbons (Fsp3) is 0.333. The van der Waals surface area contributed by atoms with E-state index in [2.05, 4.69) is 10.3 Å². The number of hydrogen-bond acceptors (Lipinski definition) is 2. The molecule has 0 fully saturated rings. The summed E-state index contributed by atoms with van der Waals surface area (Å²) in [4.78, 5) is 16.0. The standard InChI is InChI=1S/C12H12Cl3N3O/c1-16-12(19)6-18-10-5-8(15)7(14)4-9(10)17-11(18)2-3-13/h4-5H,2-3,6H2,1H3,(H,16,19). The molecule has 19 heavy (non-hydrogen) atoms. The number of halogens is 3. The lowest BCUT2D eigenvalue weighted by Crippen LogP contribution is -2.24. The maximum atomic E-state index is 11.6. The maximum Gasteiger partial charge on any atom is 0.239 e. The van der Waals surface area contributed by atoms with Crippen molar-refractivity contribution in [2.24, 2.45) is 0 Å². The molecule has 0 aliphatic rings. The molecule has 1 aromatic heterocycles. The number of likely N-dealkylation sites (N-methyl/N-ethyl adjacent to an activating group) is 1. The molecule has 102 valence electrons. The lowest BCUT2D eigenvalue weighted by molar-refractivity contribution is -0.121. The van der Waals surface area contributed by atoms with Gasteiger partial charge in [0, 0.05) is 19.3 Å². The van der Waals surface area contributed by atoms with E-state index in [9.17, 15) is 4.79 Å². The highest BCUT2D eigenvalue weighted by Crippen LogP contribution is 2.28. The molecule has 7 heteroatoms. The van der Waals surface area contributed by atoms with Crippen LogP contribution in [-0.4, -0.2) is 28.4 Å². The van der Waals surface area contributed by atoms with E-state index in [1.165, 1.54) is 0 Å². The van der Waals surface area contributed by atoms with E-state index in [1.54, 1.807) is 23.7 Å². The first-order valence-corrected chi connectivity index (χ1v) is 6.96. The zero-order valence-corrected chi connectivity index (χ0v) is 12.5. The van der Waals surface area contributed by atoms with Gasteiger partial charge in [0.1, 0.15) is 12.4 Å². The van der Waals surface area contributed by atoms with Crippen molar-refractivity contribution in [3.63, 3.8) is 0 Å². The first kappa shape index (κ1) is 14.4. The van der Waals surface area contributed by atoms with Gasteiger partial charge in [0.15, 0.2) is 0 Å². The van der Waals surface area contributed by atoms with Crippen molar-refractivity contribution in [3.8, 4) is 0 Å². The third-order valence-electron chi connectivity index (χ3n) is 2.77. The van der Waals surface area contributed by atoms with Gasteiger partial charge in [-0.05, 0) is 12.1 Å². The fourth-order valence-electron chi connectivity index (χ4n) is 1.84. The number of hydrogen-bond donors (Lipinski definition) is 1. The average molecular weight is 321 g/mol. The summed E-state index contributed by atoms with van der Waals surface area (Å²) in [6.45, 7) is 0.178. The first-order chi connectivity index (χ1) is 9.06. The molecule has 0 aliphatic carbocycles. The monoisotopic (exact) mass is 319 g/mol. The van der Waals surface area contributed by atoms with Crippen LogP contribution >= 0.6 is 34.8 Å². The lowest BCUT2D eigenvalue weighted by Gasteiger charge is -2.07. The van der Waals surface area contributed by atoms with E-state index in [0.717, 1.165) is 11.3 Å². The molecule has 0 saturated carbocycles. The Morgan fingerprint density at radius 2 is 2.05 bits per heavy atom. The van der Waals surface area contributed by atoms with Gasteiger partial charge in [-0.1, -0.05) is 23.2 Å². The van der Waals surface area contributed by atoms with E-state index < -0.39 is 0 Å². The average Bonchev–Trinajstić information content (AvgIpc) is 2.68. The van der Waals surface area contributed by atoms with Gasteiger partial charge in [0.25, 0.3) is 0 Å². The molecule has 1 amide bonds. The number of imidazole rings is 1. The van der Waals surface area contributed by atoms with Gasteiger partial charge < -0.3 is 9.88 Å². The minimum atomic E-state index is -0.110. The molecule has 1 aromatic carbocycles. The van der Waals surface area contributed by atoms with Crippen molar-refractivity contribution in [3.05, 3.63) is 28.0 Å². The topological polar surface area (TPSA) is 46.9 Å². The van der Waals surface area contributed by atoms with E-state index in [4.69, 9.17) is 34.8 Å². The van der Waals surface area contributed by atoms with E-state index in [0.29, 0.717) is 27.9 Å². The van der Waals surface area contributed by atoms with Gasteiger partial charge in [-0.3, -0.25) is 4.79 Å². The van der Waals surface area contributed by atoms with Crippen molar-refractivity contribution >= 4 is 51.7 Å². The van der Waals surface area contributed by atoms with Crippen LogP contribution < -0.4 is 5.32 Å². The van der Waals surface area contributed by atoms with E-state index in [-0.39, 0.29) is 12.5 Å². The smallest absolute Gasteiger partial charge is 0.239 e. The molecule has 4 nitrogen and oxygen atoms in total. The predicted molar refractivity (Wildman–Crippen MR) is 78.2 cm³/mol. The number of amides is 1. The zero-order valence-electron chi connectivity index (χ0n) is 10.2. The van der Waals surface area contributed by atoms with Crippen LogP contribution in [0.2, 0.25) is 10.0 Å². The number of carbonyl (C=O) groups is 1. The van der Waals surface area contributed by atoms with Gasteiger partial charge in [0.2, 0.25) is 5.91 Å². The second-order valence-corrected chi connectivity index (χ2v) is 5.17. The number of aryl methyl sites for hydroxylation is 1. The SMILES string of the molecule is CNC(=O)Cn1c(CCCl)nc2cc(Cl)c(Cl)cc21. The van der Waals surface area contributed by atoms with Crippen LogP contribution in [0.3, 0.4) is 0 Å². The number of nitrogens with zero attached hydrogens (tertiary/aromatic N) is 2. The number of fused-ring (bicyclic) bond motifs is 1. The van der Waals surface area contributed by atoms with Crippen molar-refractivity contribution in [1.82, 2.24) is 14.9 Å². The Morgan fingerprint density at radius 3 is 2.68 bits per heavy atom. The Kier molecular flexibility index (Phi) is 4.55. The third kappa shape index (κ3) is 2.96. The Morgan fingerprint density at radius 1 is 1.37 bits per heavy atom.